The van der Waals surface area contributed by atoms with Crippen molar-refractivity contribution in [1.29, 1.82) is 0 Å². The number of nitrogens with zero attached hydrogens (tertiary/aromatic N) is 1. The molecule has 3 aromatic carbocycles. The first kappa shape index (κ1) is 18.8. The van der Waals surface area contributed by atoms with Gasteiger partial charge in [0.2, 0.25) is 5.52 Å². The van der Waals surface area contributed by atoms with Gasteiger partial charge in [-0.15, -0.1) is 0 Å². The van der Waals surface area contributed by atoms with Crippen molar-refractivity contribution in [1.82, 2.24) is 0 Å². The van der Waals surface area contributed by atoms with Crippen LogP contribution in [0.15, 0.2) is 97.3 Å². The highest BCUT2D eigenvalue weighted by molar-refractivity contribution is 6.00. The molecule has 5 aromatic rings. The third kappa shape index (κ3) is 3.60. The van der Waals surface area contributed by atoms with Crippen molar-refractivity contribution in [2.75, 3.05) is 7.11 Å². The number of methoxy groups -OCH3 is 1. The van der Waals surface area contributed by atoms with Crippen molar-refractivity contribution < 1.29 is 18.7 Å². The Bertz CT molecular complexity index is 1460. The minimum Gasteiger partial charge on any atom is -0.493 e. The fourth-order valence-electron chi connectivity index (χ4n) is 3.79. The minimum atomic E-state index is -0.460. The number of benzene rings is 3. The average molecular weight is 406 g/mol. The Kier molecular flexibility index (Phi) is 4.81. The highest BCUT2D eigenvalue weighted by atomic mass is 16.6. The molecule has 0 saturated heterocycles. The summed E-state index contributed by atoms with van der Waals surface area (Å²) in [4.78, 5) is 12.6. The summed E-state index contributed by atoms with van der Waals surface area (Å²) >= 11 is 0. The van der Waals surface area contributed by atoms with Gasteiger partial charge in [-0.2, -0.15) is 4.40 Å². The van der Waals surface area contributed by atoms with Crippen LogP contribution in [0.4, 0.5) is 0 Å². The van der Waals surface area contributed by atoms with Gasteiger partial charge >= 0.3 is 5.97 Å². The first-order valence-corrected chi connectivity index (χ1v) is 10.0. The van der Waals surface area contributed by atoms with E-state index in [4.69, 9.17) is 9.47 Å². The Morgan fingerprint density at radius 1 is 0.871 bits per heavy atom. The van der Waals surface area contributed by atoms with E-state index in [1.807, 2.05) is 71.4 Å². The van der Waals surface area contributed by atoms with Crippen LogP contribution in [-0.2, 0) is 4.79 Å². The maximum Gasteiger partial charge on any atom is 0.336 e. The topological polar surface area (TPSA) is 39.6 Å². The summed E-state index contributed by atoms with van der Waals surface area (Å²) in [6.07, 6.45) is 7.15. The molecule has 0 aliphatic carbocycles. The summed E-state index contributed by atoms with van der Waals surface area (Å²) in [5.41, 5.74) is 2.01. The van der Waals surface area contributed by atoms with Crippen LogP contribution < -0.4 is 13.9 Å². The lowest BCUT2D eigenvalue weighted by atomic mass is 10.1. The van der Waals surface area contributed by atoms with E-state index in [-0.39, 0.29) is 0 Å². The summed E-state index contributed by atoms with van der Waals surface area (Å²) in [5, 5.41) is 4.10. The molecule has 4 heteroatoms. The Balaban J connectivity index is 1.60. The van der Waals surface area contributed by atoms with E-state index >= 15 is 0 Å². The Hall–Kier alpha value is -4.18. The summed E-state index contributed by atoms with van der Waals surface area (Å²) in [6.45, 7) is 0. The van der Waals surface area contributed by atoms with Crippen LogP contribution in [0.25, 0.3) is 33.1 Å². The van der Waals surface area contributed by atoms with E-state index in [0.717, 1.165) is 27.2 Å². The van der Waals surface area contributed by atoms with E-state index < -0.39 is 5.97 Å². The molecule has 4 nitrogen and oxygen atoms in total. The standard InChI is InChI=1S/C27H20NO3/c1-30-25-13-12-21-17-24-22-10-6-5-9-20(22)15-16-28(24)18-23(21)27(25)31-26(29)14-11-19-7-3-2-4-8-19/h2-18H,1H3/q+1. The van der Waals surface area contributed by atoms with Crippen molar-refractivity contribution in [3.8, 4) is 11.5 Å². The zero-order valence-corrected chi connectivity index (χ0v) is 17.0. The number of pyridine rings is 2. The van der Waals surface area contributed by atoms with Gasteiger partial charge in [0, 0.05) is 18.2 Å². The van der Waals surface area contributed by atoms with E-state index in [9.17, 15) is 4.79 Å². The van der Waals surface area contributed by atoms with Gasteiger partial charge < -0.3 is 9.47 Å². The molecule has 150 valence electrons. The number of ether oxygens (including phenoxy) is 2. The van der Waals surface area contributed by atoms with Gasteiger partial charge in [0.25, 0.3) is 0 Å². The van der Waals surface area contributed by atoms with Gasteiger partial charge in [0.15, 0.2) is 23.9 Å². The second-order valence-corrected chi connectivity index (χ2v) is 7.23. The first-order chi connectivity index (χ1) is 15.2. The molecule has 31 heavy (non-hydrogen) atoms. The molecular weight excluding hydrogens is 386 g/mol. The van der Waals surface area contributed by atoms with E-state index in [2.05, 4.69) is 24.3 Å². The van der Waals surface area contributed by atoms with Gasteiger partial charge in [-0.05, 0) is 40.6 Å². The van der Waals surface area contributed by atoms with Crippen molar-refractivity contribution in [2.24, 2.45) is 0 Å². The molecule has 0 aliphatic rings. The van der Waals surface area contributed by atoms with Crippen LogP contribution in [0.2, 0.25) is 0 Å². The molecule has 0 radical (unpaired) electrons. The van der Waals surface area contributed by atoms with Gasteiger partial charge in [-0.25, -0.2) is 4.79 Å². The molecule has 0 N–H and O–H groups in total. The minimum absolute atomic E-state index is 0.408. The second-order valence-electron chi connectivity index (χ2n) is 7.23. The fourth-order valence-corrected chi connectivity index (χ4v) is 3.79. The van der Waals surface area contributed by atoms with E-state index in [0.29, 0.717) is 11.5 Å². The van der Waals surface area contributed by atoms with Crippen molar-refractivity contribution in [3.63, 3.8) is 0 Å². The van der Waals surface area contributed by atoms with Gasteiger partial charge in [0.05, 0.1) is 17.9 Å². The molecule has 2 heterocycles. The summed E-state index contributed by atoms with van der Waals surface area (Å²) in [6, 6.07) is 25.9. The van der Waals surface area contributed by atoms with Gasteiger partial charge in [0.1, 0.15) is 0 Å². The molecule has 0 saturated carbocycles. The predicted molar refractivity (Wildman–Crippen MR) is 122 cm³/mol. The number of hydrogen-bond acceptors (Lipinski definition) is 3. The van der Waals surface area contributed by atoms with Crippen molar-refractivity contribution in [2.45, 2.75) is 0 Å². The van der Waals surface area contributed by atoms with Crippen LogP contribution in [0.1, 0.15) is 5.56 Å². The van der Waals surface area contributed by atoms with Crippen LogP contribution in [0.3, 0.4) is 0 Å². The highest BCUT2D eigenvalue weighted by Gasteiger charge is 2.18. The van der Waals surface area contributed by atoms with Crippen LogP contribution in [0, 0.1) is 0 Å². The molecule has 0 unspecified atom stereocenters. The molecule has 5 rings (SSSR count). The van der Waals surface area contributed by atoms with Crippen LogP contribution in [0.5, 0.6) is 11.5 Å². The molecule has 0 amide bonds. The molecular formula is C27H20NO3+. The zero-order chi connectivity index (χ0) is 21.2. The van der Waals surface area contributed by atoms with Crippen LogP contribution >= 0.6 is 0 Å². The van der Waals surface area contributed by atoms with Crippen molar-refractivity contribution >= 4 is 39.1 Å². The Morgan fingerprint density at radius 2 is 1.68 bits per heavy atom. The zero-order valence-electron chi connectivity index (χ0n) is 17.0. The lowest BCUT2D eigenvalue weighted by Gasteiger charge is -2.10. The maximum absolute atomic E-state index is 12.6. The summed E-state index contributed by atoms with van der Waals surface area (Å²) < 4.78 is 13.3. The molecule has 0 atom stereocenters. The smallest absolute Gasteiger partial charge is 0.336 e. The van der Waals surface area contributed by atoms with Crippen molar-refractivity contribution in [3.05, 3.63) is 103 Å². The molecule has 0 aliphatic heterocycles. The average Bonchev–Trinajstić information content (AvgIpc) is 2.82. The second kappa shape index (κ2) is 7.92. The molecule has 0 bridgehead atoms. The highest BCUT2D eigenvalue weighted by Crippen LogP contribution is 2.36. The quantitative estimate of drug-likeness (QED) is 0.101. The van der Waals surface area contributed by atoms with E-state index in [1.54, 1.807) is 13.2 Å². The first-order valence-electron chi connectivity index (χ1n) is 10.0. The van der Waals surface area contributed by atoms with Gasteiger partial charge in [-0.3, -0.25) is 0 Å². The maximum atomic E-state index is 12.6. The number of hydrogen-bond donors (Lipinski definition) is 0. The lowest BCUT2D eigenvalue weighted by molar-refractivity contribution is -0.509. The Labute approximate surface area is 179 Å². The third-order valence-electron chi connectivity index (χ3n) is 5.32. The number of aromatic nitrogens is 1. The summed E-state index contributed by atoms with van der Waals surface area (Å²) in [5.74, 6) is 0.457. The van der Waals surface area contributed by atoms with E-state index in [1.165, 1.54) is 11.5 Å². The third-order valence-corrected chi connectivity index (χ3v) is 5.32. The summed E-state index contributed by atoms with van der Waals surface area (Å²) in [7, 11) is 1.57. The largest absolute Gasteiger partial charge is 0.493 e. The van der Waals surface area contributed by atoms with Gasteiger partial charge in [-0.1, -0.05) is 48.5 Å². The predicted octanol–water partition coefficient (Wildman–Crippen LogP) is 5.36. The normalized spacial score (nSPS) is 11.4. The number of esters is 1. The lowest BCUT2D eigenvalue weighted by Crippen LogP contribution is -2.21. The Morgan fingerprint density at radius 3 is 2.52 bits per heavy atom. The molecule has 0 fully saturated rings. The number of rotatable bonds is 4. The SMILES string of the molecule is COc1ccc2cc3c4ccccc4cc[n+]3cc2c1OC(=O)C=Cc1ccccc1. The fraction of sp³-hybridized carbons (Fsp3) is 0.0370. The number of fused-ring (bicyclic) bond motifs is 4. The molecule has 0 spiro atoms. The van der Waals surface area contributed by atoms with Crippen LogP contribution in [-0.4, -0.2) is 13.1 Å². The molecule has 2 aromatic heterocycles. The number of carbonyl (C=O) groups excluding carboxylic acids is 1. The monoisotopic (exact) mass is 406 g/mol. The number of carbonyl (C=O) groups is 1.